The normalized spacial score (nSPS) is 23.0. The van der Waals surface area contributed by atoms with Crippen LogP contribution in [0.4, 0.5) is 0 Å². The van der Waals surface area contributed by atoms with Crippen molar-refractivity contribution in [3.05, 3.63) is 68.4 Å². The molecule has 0 unspecified atom stereocenters. The van der Waals surface area contributed by atoms with Gasteiger partial charge in [-0.2, -0.15) is 0 Å². The van der Waals surface area contributed by atoms with E-state index in [1.54, 1.807) is 26.8 Å². The lowest BCUT2D eigenvalue weighted by Crippen LogP contribution is -2.39. The average Bonchev–Trinajstić information content (AvgIpc) is 3.72. The quantitative estimate of drug-likeness (QED) is 0.221. The van der Waals surface area contributed by atoms with Crippen LogP contribution in [0.2, 0.25) is 0 Å². The molecule has 3 aliphatic heterocycles. The molecule has 0 bridgehead atoms. The number of esters is 1. The van der Waals surface area contributed by atoms with E-state index in [1.807, 2.05) is 24.3 Å². The van der Waals surface area contributed by atoms with Crippen molar-refractivity contribution in [1.82, 2.24) is 0 Å². The van der Waals surface area contributed by atoms with Gasteiger partial charge in [-0.25, -0.2) is 4.79 Å². The maximum atomic E-state index is 13.8. The Morgan fingerprint density at radius 1 is 1.13 bits per heavy atom. The number of aliphatic hydroxyl groups is 4. The minimum atomic E-state index is -1.24. The van der Waals surface area contributed by atoms with E-state index < -0.39 is 36.1 Å². The first-order valence-electron chi connectivity index (χ1n) is 16.1. The number of ketones is 1. The van der Waals surface area contributed by atoms with E-state index in [0.29, 0.717) is 47.6 Å². The lowest BCUT2D eigenvalue weighted by molar-refractivity contribution is -0.141. The third-order valence-corrected chi connectivity index (χ3v) is 9.25. The first-order valence-corrected chi connectivity index (χ1v) is 16.1. The Morgan fingerprint density at radius 3 is 2.64 bits per heavy atom. The van der Waals surface area contributed by atoms with Crippen molar-refractivity contribution >= 4 is 23.4 Å². The van der Waals surface area contributed by atoms with Gasteiger partial charge in [0.05, 0.1) is 55.1 Å². The van der Waals surface area contributed by atoms with Crippen LogP contribution < -0.4 is 24.8 Å². The molecule has 6 rings (SSSR count). The zero-order valence-electron chi connectivity index (χ0n) is 26.9. The van der Waals surface area contributed by atoms with Gasteiger partial charge in [0.25, 0.3) is 0 Å². The predicted octanol–water partition coefficient (Wildman–Crippen LogP) is 1.78. The number of carbonyl (C=O) groups excluding carboxylic acids is 2. The molecule has 4 N–H and O–H groups in total. The highest BCUT2D eigenvalue weighted by Gasteiger charge is 2.44. The van der Waals surface area contributed by atoms with Crippen molar-refractivity contribution in [1.29, 1.82) is 0 Å². The Morgan fingerprint density at radius 2 is 1.94 bits per heavy atom. The number of benzene rings is 2. The third kappa shape index (κ3) is 6.09. The number of ether oxygens (including phenoxy) is 4. The van der Waals surface area contributed by atoms with Gasteiger partial charge in [-0.15, -0.1) is 0 Å². The van der Waals surface area contributed by atoms with Gasteiger partial charge in [-0.1, -0.05) is 17.7 Å². The summed E-state index contributed by atoms with van der Waals surface area (Å²) in [5.74, 6) is -1.32. The summed E-state index contributed by atoms with van der Waals surface area (Å²) in [6, 6.07) is 5.78. The molecule has 0 amide bonds. The largest absolute Gasteiger partial charge is 0.492 e. The lowest BCUT2D eigenvalue weighted by atomic mass is 9.72. The maximum Gasteiger partial charge on any atom is 0.374 e. The van der Waals surface area contributed by atoms with Gasteiger partial charge in [0.15, 0.2) is 0 Å². The summed E-state index contributed by atoms with van der Waals surface area (Å²) < 4.78 is 24.1. The van der Waals surface area contributed by atoms with Gasteiger partial charge in [-0.3, -0.25) is 9.79 Å². The Hall–Kier alpha value is -4.03. The fraction of sp³-hybridized carbons (Fsp3) is 0.472. The van der Waals surface area contributed by atoms with Crippen LogP contribution in [0.1, 0.15) is 68.2 Å². The van der Waals surface area contributed by atoms with Crippen molar-refractivity contribution in [3.63, 3.8) is 0 Å². The molecule has 11 nitrogen and oxygen atoms in total. The highest BCUT2D eigenvalue weighted by Crippen LogP contribution is 2.55. The molecule has 2 aromatic carbocycles. The van der Waals surface area contributed by atoms with Crippen LogP contribution in [0.3, 0.4) is 0 Å². The van der Waals surface area contributed by atoms with Crippen LogP contribution in [0.5, 0.6) is 17.2 Å². The topological polar surface area (TPSA) is 164 Å². The number of carbonyl (C=O) groups is 2. The highest BCUT2D eigenvalue weighted by atomic mass is 16.6. The number of allylic oxidation sites excluding steroid dienone is 3. The van der Waals surface area contributed by atoms with Crippen molar-refractivity contribution in [3.8, 4) is 17.2 Å². The Bertz CT molecular complexity index is 1780. The Labute approximate surface area is 272 Å². The van der Waals surface area contributed by atoms with E-state index in [4.69, 9.17) is 18.9 Å². The predicted molar refractivity (Wildman–Crippen MR) is 170 cm³/mol. The SMILES string of the molecule is CCOC(=O)C1=C/C(=C2\C[C@@H](CO)C(=O)[C@H](c3ccc4c(c3)=CCN=4)C2)c2c(OCCCO)c3c(c(CO)c2O1)O[C@H](C(C)(C)O)C3. The van der Waals surface area contributed by atoms with E-state index in [2.05, 4.69) is 4.99 Å². The number of aliphatic hydroxyl groups excluding tert-OH is 3. The standard InChI is InChI=1S/C36H41NO10/c1-4-44-35(42)28-15-23(21-13-22(17-39)31(41)24(14-21)19-6-7-27-20(12-19)8-9-37-27)30-33(45-11-5-10-38)25-16-29(36(2,3)43)47-32(25)26(18-40)34(30)46-28/h6-8,12,15,22,24,29,38-40,43H,4-5,9-11,13-14,16-18H2,1-3H3/b23-21-/t22-,24-,29-/m0/s1. The van der Waals surface area contributed by atoms with Crippen LogP contribution in [-0.4, -0.2) is 76.9 Å². The van der Waals surface area contributed by atoms with Crippen molar-refractivity contribution in [2.24, 2.45) is 10.9 Å². The number of rotatable bonds is 10. The fourth-order valence-corrected chi connectivity index (χ4v) is 6.82. The first-order chi connectivity index (χ1) is 22.6. The second kappa shape index (κ2) is 13.2. The minimum Gasteiger partial charge on any atom is -0.492 e. The second-order valence-electron chi connectivity index (χ2n) is 12.8. The molecule has 0 radical (unpaired) electrons. The average molecular weight is 648 g/mol. The summed E-state index contributed by atoms with van der Waals surface area (Å²) in [6.45, 7) is 4.82. The second-order valence-corrected chi connectivity index (χ2v) is 12.8. The summed E-state index contributed by atoms with van der Waals surface area (Å²) >= 11 is 0. The zero-order valence-corrected chi connectivity index (χ0v) is 26.9. The van der Waals surface area contributed by atoms with Gasteiger partial charge >= 0.3 is 5.97 Å². The number of hydrogen-bond donors (Lipinski definition) is 4. The molecule has 1 fully saturated rings. The van der Waals surface area contributed by atoms with Crippen LogP contribution in [-0.2, 0) is 27.4 Å². The molecule has 1 saturated carbocycles. The van der Waals surface area contributed by atoms with Gasteiger partial charge in [-0.05, 0) is 68.2 Å². The summed E-state index contributed by atoms with van der Waals surface area (Å²) in [5, 5.41) is 43.4. The van der Waals surface area contributed by atoms with Gasteiger partial charge in [0.2, 0.25) is 5.76 Å². The third-order valence-electron chi connectivity index (χ3n) is 9.25. The monoisotopic (exact) mass is 647 g/mol. The molecular formula is C36H41NO10. The first kappa shape index (κ1) is 32.9. The molecule has 2 aromatic rings. The smallest absolute Gasteiger partial charge is 0.374 e. The zero-order chi connectivity index (χ0) is 33.5. The summed E-state index contributed by atoms with van der Waals surface area (Å²) in [6.07, 6.45) is 4.06. The van der Waals surface area contributed by atoms with Crippen molar-refractivity contribution in [2.45, 2.75) is 70.7 Å². The molecule has 3 heterocycles. The molecule has 3 atom stereocenters. The number of Topliss-reactive ketones (excluding diaryl/α,β-unsaturated/α-hetero) is 1. The number of nitrogens with zero attached hydrogens (tertiary/aromatic N) is 1. The van der Waals surface area contributed by atoms with Crippen LogP contribution in [0.25, 0.3) is 11.6 Å². The van der Waals surface area contributed by atoms with Crippen LogP contribution in [0.15, 0.2) is 40.6 Å². The van der Waals surface area contributed by atoms with E-state index in [-0.39, 0.29) is 62.1 Å². The molecule has 47 heavy (non-hydrogen) atoms. The van der Waals surface area contributed by atoms with Crippen LogP contribution >= 0.6 is 0 Å². The number of fused-ring (bicyclic) bond motifs is 3. The van der Waals surface area contributed by atoms with Crippen LogP contribution in [0, 0.1) is 5.92 Å². The van der Waals surface area contributed by atoms with Crippen molar-refractivity contribution < 1.29 is 49.0 Å². The van der Waals surface area contributed by atoms with E-state index in [0.717, 1.165) is 21.7 Å². The number of hydrogen-bond acceptors (Lipinski definition) is 11. The van der Waals surface area contributed by atoms with E-state index >= 15 is 0 Å². The Kier molecular flexibility index (Phi) is 9.26. The van der Waals surface area contributed by atoms with Gasteiger partial charge in [0.1, 0.15) is 29.1 Å². The van der Waals surface area contributed by atoms with Crippen molar-refractivity contribution in [2.75, 3.05) is 33.0 Å². The minimum absolute atomic E-state index is 0.0700. The maximum absolute atomic E-state index is 13.8. The summed E-state index contributed by atoms with van der Waals surface area (Å²) in [5.41, 5.74) is 2.30. The summed E-state index contributed by atoms with van der Waals surface area (Å²) in [4.78, 5) is 31.4. The summed E-state index contributed by atoms with van der Waals surface area (Å²) in [7, 11) is 0. The van der Waals surface area contributed by atoms with E-state index in [9.17, 15) is 30.0 Å². The molecular weight excluding hydrogens is 606 g/mol. The molecule has 4 aliphatic rings. The lowest BCUT2D eigenvalue weighted by Gasteiger charge is -2.33. The van der Waals surface area contributed by atoms with Gasteiger partial charge < -0.3 is 39.4 Å². The highest BCUT2D eigenvalue weighted by molar-refractivity contribution is 5.98. The van der Waals surface area contributed by atoms with Gasteiger partial charge in [0, 0.05) is 36.8 Å². The molecule has 0 aromatic heterocycles. The molecule has 0 spiro atoms. The van der Waals surface area contributed by atoms with E-state index in [1.165, 1.54) is 0 Å². The molecule has 11 heteroatoms. The molecule has 0 saturated heterocycles. The molecule has 1 aliphatic carbocycles. The Balaban J connectivity index is 1.59. The molecule has 250 valence electrons. The fourth-order valence-electron chi connectivity index (χ4n) is 6.82.